The van der Waals surface area contributed by atoms with Crippen molar-refractivity contribution in [3.8, 4) is 0 Å². The lowest BCUT2D eigenvalue weighted by atomic mass is 10.2. The maximum atomic E-state index is 13.0. The first-order chi connectivity index (χ1) is 9.08. The molecule has 2 rings (SSSR count). The number of amides is 1. The second-order valence-electron chi connectivity index (χ2n) is 4.18. The smallest absolute Gasteiger partial charge is 0.254 e. The maximum absolute atomic E-state index is 13.0. The van der Waals surface area contributed by atoms with Gasteiger partial charge >= 0.3 is 0 Å². The first kappa shape index (κ1) is 14.5. The van der Waals surface area contributed by atoms with Crippen molar-refractivity contribution in [3.63, 3.8) is 0 Å². The molecule has 0 N–H and O–H groups in total. The normalized spacial score (nSPS) is 10.5. The number of benzene rings is 1. The van der Waals surface area contributed by atoms with Crippen molar-refractivity contribution >= 4 is 39.8 Å². The largest absolute Gasteiger partial charge is 0.341 e. The molecule has 1 aromatic heterocycles. The molecule has 0 bridgehead atoms. The molecular formula is C14H13FINOS. The molecule has 1 amide bonds. The van der Waals surface area contributed by atoms with E-state index in [1.165, 1.54) is 17.0 Å². The Hall–Kier alpha value is -0.950. The van der Waals surface area contributed by atoms with Crippen molar-refractivity contribution in [2.75, 3.05) is 13.6 Å². The molecule has 1 aromatic carbocycles. The van der Waals surface area contributed by atoms with Gasteiger partial charge < -0.3 is 4.90 Å². The van der Waals surface area contributed by atoms with Gasteiger partial charge in [0.1, 0.15) is 5.82 Å². The van der Waals surface area contributed by atoms with Crippen LogP contribution < -0.4 is 0 Å². The van der Waals surface area contributed by atoms with Gasteiger partial charge in [0.2, 0.25) is 0 Å². The fourth-order valence-corrected chi connectivity index (χ4v) is 3.11. The zero-order valence-electron chi connectivity index (χ0n) is 10.4. The van der Waals surface area contributed by atoms with Crippen molar-refractivity contribution in [3.05, 3.63) is 55.5 Å². The van der Waals surface area contributed by atoms with Crippen LogP contribution in [0.3, 0.4) is 0 Å². The van der Waals surface area contributed by atoms with Crippen molar-refractivity contribution in [1.82, 2.24) is 4.90 Å². The number of carbonyl (C=O) groups is 1. The summed E-state index contributed by atoms with van der Waals surface area (Å²) in [4.78, 5) is 15.2. The Balaban J connectivity index is 2.02. The molecule has 0 aliphatic carbocycles. The summed E-state index contributed by atoms with van der Waals surface area (Å²) in [5.41, 5.74) is 0.552. The van der Waals surface area contributed by atoms with E-state index in [1.807, 2.05) is 34.0 Å². The lowest BCUT2D eigenvalue weighted by molar-refractivity contribution is 0.0796. The number of carbonyl (C=O) groups excluding carboxylic acids is 1. The standard InChI is InChI=1S/C14H13FINOS/c1-17(7-6-11-3-2-8-19-11)14(18)12-5-4-10(15)9-13(12)16/h2-5,8-9H,6-7H2,1H3. The molecule has 5 heteroatoms. The van der Waals surface area contributed by atoms with Crippen LogP contribution in [0.25, 0.3) is 0 Å². The predicted molar refractivity (Wildman–Crippen MR) is 84.1 cm³/mol. The summed E-state index contributed by atoms with van der Waals surface area (Å²) in [6.45, 7) is 0.660. The van der Waals surface area contributed by atoms with E-state index in [4.69, 9.17) is 0 Å². The molecule has 0 atom stereocenters. The minimum atomic E-state index is -0.317. The average Bonchev–Trinajstić information content (AvgIpc) is 2.88. The summed E-state index contributed by atoms with van der Waals surface area (Å²) in [7, 11) is 1.77. The van der Waals surface area contributed by atoms with E-state index in [9.17, 15) is 9.18 Å². The molecule has 0 spiro atoms. The van der Waals surface area contributed by atoms with Crippen LogP contribution in [0.1, 0.15) is 15.2 Å². The fraction of sp³-hybridized carbons (Fsp3) is 0.214. The lowest BCUT2D eigenvalue weighted by Crippen LogP contribution is -2.29. The predicted octanol–water partition coefficient (Wildman–Crippen LogP) is 3.81. The van der Waals surface area contributed by atoms with E-state index in [0.717, 1.165) is 6.42 Å². The van der Waals surface area contributed by atoms with E-state index in [2.05, 4.69) is 6.07 Å². The molecule has 0 fully saturated rings. The fourth-order valence-electron chi connectivity index (χ4n) is 1.70. The minimum Gasteiger partial charge on any atom is -0.341 e. The highest BCUT2D eigenvalue weighted by atomic mass is 127. The maximum Gasteiger partial charge on any atom is 0.254 e. The van der Waals surface area contributed by atoms with Gasteiger partial charge in [-0.05, 0) is 58.7 Å². The van der Waals surface area contributed by atoms with E-state index in [1.54, 1.807) is 29.4 Å². The Morgan fingerprint density at radius 3 is 2.84 bits per heavy atom. The number of likely N-dealkylation sites (N-methyl/N-ethyl adjacent to an activating group) is 1. The molecule has 0 saturated heterocycles. The van der Waals surface area contributed by atoms with Crippen LogP contribution in [0.15, 0.2) is 35.7 Å². The van der Waals surface area contributed by atoms with Crippen molar-refractivity contribution in [2.45, 2.75) is 6.42 Å². The molecule has 100 valence electrons. The highest BCUT2D eigenvalue weighted by Gasteiger charge is 2.15. The van der Waals surface area contributed by atoms with E-state index >= 15 is 0 Å². The first-order valence-electron chi connectivity index (χ1n) is 5.81. The SMILES string of the molecule is CN(CCc1cccs1)C(=O)c1ccc(F)cc1I. The van der Waals surface area contributed by atoms with Crippen LogP contribution >= 0.6 is 33.9 Å². The molecule has 2 aromatic rings. The third-order valence-corrected chi connectivity index (χ3v) is 4.61. The Morgan fingerprint density at radius 1 is 1.42 bits per heavy atom. The highest BCUT2D eigenvalue weighted by Crippen LogP contribution is 2.16. The lowest BCUT2D eigenvalue weighted by Gasteiger charge is -2.17. The molecule has 2 nitrogen and oxygen atoms in total. The van der Waals surface area contributed by atoms with Crippen LogP contribution in [0, 0.1) is 9.39 Å². The number of nitrogens with zero attached hydrogens (tertiary/aromatic N) is 1. The van der Waals surface area contributed by atoms with Gasteiger partial charge in [-0.3, -0.25) is 4.79 Å². The summed E-state index contributed by atoms with van der Waals surface area (Å²) in [6, 6.07) is 8.31. The second-order valence-corrected chi connectivity index (χ2v) is 6.37. The summed E-state index contributed by atoms with van der Waals surface area (Å²) in [6.07, 6.45) is 0.845. The highest BCUT2D eigenvalue weighted by molar-refractivity contribution is 14.1. The Labute approximate surface area is 129 Å². The van der Waals surface area contributed by atoms with Gasteiger partial charge in [-0.2, -0.15) is 0 Å². The van der Waals surface area contributed by atoms with Gasteiger partial charge in [-0.1, -0.05) is 6.07 Å². The number of hydrogen-bond acceptors (Lipinski definition) is 2. The number of hydrogen-bond donors (Lipinski definition) is 0. The first-order valence-corrected chi connectivity index (χ1v) is 7.76. The zero-order valence-corrected chi connectivity index (χ0v) is 13.4. The van der Waals surface area contributed by atoms with Crippen LogP contribution in [0.5, 0.6) is 0 Å². The molecule has 1 heterocycles. The monoisotopic (exact) mass is 389 g/mol. The Kier molecular flexibility index (Phi) is 4.93. The summed E-state index contributed by atoms with van der Waals surface area (Å²) in [5, 5.41) is 2.03. The Bertz CT molecular complexity index is 571. The molecular weight excluding hydrogens is 376 g/mol. The molecule has 0 aliphatic heterocycles. The summed E-state index contributed by atoms with van der Waals surface area (Å²) in [5.74, 6) is -0.386. The van der Waals surface area contributed by atoms with E-state index in [0.29, 0.717) is 15.7 Å². The number of rotatable bonds is 4. The van der Waals surface area contributed by atoms with E-state index < -0.39 is 0 Å². The molecule has 0 radical (unpaired) electrons. The van der Waals surface area contributed by atoms with Crippen molar-refractivity contribution in [2.24, 2.45) is 0 Å². The van der Waals surface area contributed by atoms with Gasteiger partial charge in [0.05, 0.1) is 5.56 Å². The van der Waals surface area contributed by atoms with Gasteiger partial charge in [-0.15, -0.1) is 11.3 Å². The van der Waals surface area contributed by atoms with Crippen molar-refractivity contribution < 1.29 is 9.18 Å². The second kappa shape index (κ2) is 6.47. The number of thiophene rings is 1. The Morgan fingerprint density at radius 2 is 2.21 bits per heavy atom. The molecule has 19 heavy (non-hydrogen) atoms. The summed E-state index contributed by atoms with van der Waals surface area (Å²) < 4.78 is 13.7. The zero-order chi connectivity index (χ0) is 13.8. The van der Waals surface area contributed by atoms with Gasteiger partial charge in [-0.25, -0.2) is 4.39 Å². The third-order valence-electron chi connectivity index (χ3n) is 2.78. The van der Waals surface area contributed by atoms with Crippen LogP contribution in [-0.2, 0) is 6.42 Å². The van der Waals surface area contributed by atoms with Gasteiger partial charge in [0.25, 0.3) is 5.91 Å². The van der Waals surface area contributed by atoms with Gasteiger partial charge in [0, 0.05) is 22.0 Å². The average molecular weight is 389 g/mol. The van der Waals surface area contributed by atoms with Crippen LogP contribution in [0.2, 0.25) is 0 Å². The van der Waals surface area contributed by atoms with Crippen molar-refractivity contribution in [1.29, 1.82) is 0 Å². The van der Waals surface area contributed by atoms with Crippen LogP contribution in [0.4, 0.5) is 4.39 Å². The molecule has 0 aliphatic rings. The van der Waals surface area contributed by atoms with Crippen LogP contribution in [-0.4, -0.2) is 24.4 Å². The molecule has 0 unspecified atom stereocenters. The third kappa shape index (κ3) is 3.76. The molecule has 0 saturated carbocycles. The topological polar surface area (TPSA) is 20.3 Å². The van der Waals surface area contributed by atoms with Gasteiger partial charge in [0.15, 0.2) is 0 Å². The number of halogens is 2. The van der Waals surface area contributed by atoms with E-state index in [-0.39, 0.29) is 11.7 Å². The summed E-state index contributed by atoms with van der Waals surface area (Å²) >= 11 is 3.68. The minimum absolute atomic E-state index is 0.0686. The quantitative estimate of drug-likeness (QED) is 0.729.